The molecule has 0 bridgehead atoms. The summed E-state index contributed by atoms with van der Waals surface area (Å²) in [5.41, 5.74) is 1.64. The molecule has 1 atom stereocenters. The van der Waals surface area contributed by atoms with Crippen molar-refractivity contribution in [2.75, 3.05) is 13.6 Å². The number of hydrogen-bond donors (Lipinski definition) is 1. The summed E-state index contributed by atoms with van der Waals surface area (Å²) >= 11 is 5.98. The molecule has 1 aromatic rings. The second-order valence-corrected chi connectivity index (χ2v) is 4.94. The molecule has 0 saturated heterocycles. The molecule has 0 saturated carbocycles. The molecule has 0 radical (unpaired) electrons. The topological polar surface area (TPSA) is 12.0 Å². The van der Waals surface area contributed by atoms with Crippen molar-refractivity contribution in [2.45, 2.75) is 26.7 Å². The molecule has 1 nitrogen and oxygen atoms in total. The zero-order chi connectivity index (χ0) is 11.3. The first-order valence-corrected chi connectivity index (χ1v) is 5.86. The largest absolute Gasteiger partial charge is 0.319 e. The van der Waals surface area contributed by atoms with E-state index in [1.807, 2.05) is 19.2 Å². The Kier molecular flexibility index (Phi) is 4.62. The van der Waals surface area contributed by atoms with Crippen LogP contribution in [0.4, 0.5) is 0 Å². The van der Waals surface area contributed by atoms with E-state index >= 15 is 0 Å². The Labute approximate surface area is 97.8 Å². The highest BCUT2D eigenvalue weighted by Crippen LogP contribution is 2.26. The molecule has 1 unspecified atom stereocenters. The summed E-state index contributed by atoms with van der Waals surface area (Å²) in [5, 5.41) is 4.09. The van der Waals surface area contributed by atoms with Crippen LogP contribution < -0.4 is 5.32 Å². The number of nitrogens with one attached hydrogen (secondary N) is 1. The standard InChI is InChI=1S/C13H20ClN/c1-4-13(2,10-15-3)9-11-6-5-7-12(14)8-11/h5-8,15H,4,9-10H2,1-3H3. The van der Waals surface area contributed by atoms with E-state index in [2.05, 4.69) is 31.3 Å². The van der Waals surface area contributed by atoms with E-state index < -0.39 is 0 Å². The fraction of sp³-hybridized carbons (Fsp3) is 0.538. The van der Waals surface area contributed by atoms with Gasteiger partial charge in [0.15, 0.2) is 0 Å². The van der Waals surface area contributed by atoms with Crippen LogP contribution in [-0.2, 0) is 6.42 Å². The van der Waals surface area contributed by atoms with E-state index in [1.165, 1.54) is 12.0 Å². The van der Waals surface area contributed by atoms with Crippen molar-refractivity contribution in [2.24, 2.45) is 5.41 Å². The molecule has 0 fully saturated rings. The Morgan fingerprint density at radius 3 is 2.67 bits per heavy atom. The maximum absolute atomic E-state index is 5.98. The summed E-state index contributed by atoms with van der Waals surface area (Å²) in [6.45, 7) is 5.59. The smallest absolute Gasteiger partial charge is 0.0408 e. The van der Waals surface area contributed by atoms with Crippen LogP contribution in [0.15, 0.2) is 24.3 Å². The predicted octanol–water partition coefficient (Wildman–Crippen LogP) is 3.52. The van der Waals surface area contributed by atoms with Crippen molar-refractivity contribution in [3.8, 4) is 0 Å². The fourth-order valence-electron chi connectivity index (χ4n) is 1.88. The average Bonchev–Trinajstić information content (AvgIpc) is 2.18. The molecule has 2 heteroatoms. The van der Waals surface area contributed by atoms with E-state index in [1.54, 1.807) is 0 Å². The van der Waals surface area contributed by atoms with E-state index in [4.69, 9.17) is 11.6 Å². The van der Waals surface area contributed by atoms with Crippen molar-refractivity contribution in [1.82, 2.24) is 5.32 Å². The zero-order valence-corrected chi connectivity index (χ0v) is 10.6. The van der Waals surface area contributed by atoms with Gasteiger partial charge in [0, 0.05) is 11.6 Å². The van der Waals surface area contributed by atoms with Crippen LogP contribution in [0.2, 0.25) is 5.02 Å². The third-order valence-electron chi connectivity index (χ3n) is 2.98. The minimum Gasteiger partial charge on any atom is -0.319 e. The lowest BCUT2D eigenvalue weighted by atomic mass is 9.81. The number of benzene rings is 1. The second-order valence-electron chi connectivity index (χ2n) is 4.50. The summed E-state index contributed by atoms with van der Waals surface area (Å²) in [6, 6.07) is 8.15. The predicted molar refractivity (Wildman–Crippen MR) is 67.5 cm³/mol. The summed E-state index contributed by atoms with van der Waals surface area (Å²) in [6.07, 6.45) is 2.24. The van der Waals surface area contributed by atoms with E-state index in [0.29, 0.717) is 5.41 Å². The Bertz CT molecular complexity index is 311. The van der Waals surface area contributed by atoms with Crippen molar-refractivity contribution >= 4 is 11.6 Å². The van der Waals surface area contributed by atoms with Crippen LogP contribution in [0.1, 0.15) is 25.8 Å². The van der Waals surface area contributed by atoms with Crippen molar-refractivity contribution < 1.29 is 0 Å². The van der Waals surface area contributed by atoms with Gasteiger partial charge in [0.25, 0.3) is 0 Å². The lowest BCUT2D eigenvalue weighted by Gasteiger charge is -2.28. The third-order valence-corrected chi connectivity index (χ3v) is 3.21. The van der Waals surface area contributed by atoms with Gasteiger partial charge in [0.05, 0.1) is 0 Å². The lowest BCUT2D eigenvalue weighted by Crippen LogP contribution is -2.31. The molecule has 0 aliphatic rings. The Morgan fingerprint density at radius 2 is 2.13 bits per heavy atom. The van der Waals surface area contributed by atoms with Gasteiger partial charge >= 0.3 is 0 Å². The summed E-state index contributed by atoms with van der Waals surface area (Å²) < 4.78 is 0. The third kappa shape index (κ3) is 3.84. The molecular weight excluding hydrogens is 206 g/mol. The number of rotatable bonds is 5. The second kappa shape index (κ2) is 5.53. The lowest BCUT2D eigenvalue weighted by molar-refractivity contribution is 0.299. The first-order chi connectivity index (χ1) is 7.09. The molecule has 0 heterocycles. The molecule has 0 amide bonds. The van der Waals surface area contributed by atoms with Crippen molar-refractivity contribution in [3.63, 3.8) is 0 Å². The molecule has 1 aromatic carbocycles. The maximum atomic E-state index is 5.98. The molecular formula is C13H20ClN. The van der Waals surface area contributed by atoms with Crippen molar-refractivity contribution in [1.29, 1.82) is 0 Å². The number of halogens is 1. The summed E-state index contributed by atoms with van der Waals surface area (Å²) in [4.78, 5) is 0. The van der Waals surface area contributed by atoms with E-state index in [-0.39, 0.29) is 0 Å². The zero-order valence-electron chi connectivity index (χ0n) is 9.81. The highest BCUT2D eigenvalue weighted by Gasteiger charge is 2.21. The molecule has 84 valence electrons. The average molecular weight is 226 g/mol. The first kappa shape index (κ1) is 12.5. The van der Waals surface area contributed by atoms with Gasteiger partial charge < -0.3 is 5.32 Å². The van der Waals surface area contributed by atoms with Gasteiger partial charge in [-0.05, 0) is 43.0 Å². The summed E-state index contributed by atoms with van der Waals surface area (Å²) in [7, 11) is 2.01. The van der Waals surface area contributed by atoms with E-state index in [9.17, 15) is 0 Å². The van der Waals surface area contributed by atoms with Gasteiger partial charge in [-0.15, -0.1) is 0 Å². The van der Waals surface area contributed by atoms with Gasteiger partial charge in [-0.3, -0.25) is 0 Å². The van der Waals surface area contributed by atoms with Crippen molar-refractivity contribution in [3.05, 3.63) is 34.9 Å². The maximum Gasteiger partial charge on any atom is 0.0408 e. The van der Waals surface area contributed by atoms with Gasteiger partial charge in [-0.1, -0.05) is 37.6 Å². The van der Waals surface area contributed by atoms with Crippen LogP contribution in [0.25, 0.3) is 0 Å². The minimum absolute atomic E-state index is 0.319. The molecule has 0 aliphatic carbocycles. The number of hydrogen-bond acceptors (Lipinski definition) is 1. The van der Waals surface area contributed by atoms with Crippen LogP contribution in [0.3, 0.4) is 0 Å². The van der Waals surface area contributed by atoms with Gasteiger partial charge in [0.2, 0.25) is 0 Å². The molecule has 15 heavy (non-hydrogen) atoms. The Morgan fingerprint density at radius 1 is 1.40 bits per heavy atom. The van der Waals surface area contributed by atoms with Crippen LogP contribution in [0, 0.1) is 5.41 Å². The monoisotopic (exact) mass is 225 g/mol. The molecule has 0 spiro atoms. The Balaban J connectivity index is 2.74. The molecule has 0 aromatic heterocycles. The molecule has 1 rings (SSSR count). The molecule has 0 aliphatic heterocycles. The van der Waals surface area contributed by atoms with Gasteiger partial charge in [-0.25, -0.2) is 0 Å². The van der Waals surface area contributed by atoms with Crippen LogP contribution >= 0.6 is 11.6 Å². The van der Waals surface area contributed by atoms with Crippen LogP contribution in [0.5, 0.6) is 0 Å². The van der Waals surface area contributed by atoms with Gasteiger partial charge in [-0.2, -0.15) is 0 Å². The normalized spacial score (nSPS) is 14.9. The quantitative estimate of drug-likeness (QED) is 0.809. The minimum atomic E-state index is 0.319. The van der Waals surface area contributed by atoms with Gasteiger partial charge in [0.1, 0.15) is 0 Å². The van der Waals surface area contributed by atoms with Crippen LogP contribution in [-0.4, -0.2) is 13.6 Å². The highest BCUT2D eigenvalue weighted by molar-refractivity contribution is 6.30. The SMILES string of the molecule is CCC(C)(CNC)Cc1cccc(Cl)c1. The summed E-state index contributed by atoms with van der Waals surface area (Å²) in [5.74, 6) is 0. The Hall–Kier alpha value is -0.530. The van der Waals surface area contributed by atoms with E-state index in [0.717, 1.165) is 18.0 Å². The molecule has 1 N–H and O–H groups in total. The fourth-order valence-corrected chi connectivity index (χ4v) is 2.09. The highest BCUT2D eigenvalue weighted by atomic mass is 35.5. The first-order valence-electron chi connectivity index (χ1n) is 5.49.